The number of halogens is 1. The molecule has 0 radical (unpaired) electrons. The van der Waals surface area contributed by atoms with E-state index < -0.39 is 22.7 Å². The van der Waals surface area contributed by atoms with E-state index in [4.69, 9.17) is 0 Å². The van der Waals surface area contributed by atoms with Gasteiger partial charge < -0.3 is 10.4 Å². The summed E-state index contributed by atoms with van der Waals surface area (Å²) in [6.07, 6.45) is 0.418. The van der Waals surface area contributed by atoms with Crippen LogP contribution in [0.1, 0.15) is 23.7 Å². The Morgan fingerprint density at radius 2 is 1.96 bits per heavy atom. The van der Waals surface area contributed by atoms with E-state index in [-0.39, 0.29) is 12.3 Å². The van der Waals surface area contributed by atoms with E-state index >= 15 is 0 Å². The average molecular weight is 335 g/mol. The number of rotatable bonds is 6. The number of benzene rings is 2. The summed E-state index contributed by atoms with van der Waals surface area (Å²) in [6, 6.07) is 12.6. The second kappa shape index (κ2) is 7.99. The van der Waals surface area contributed by atoms with Gasteiger partial charge in [0.25, 0.3) is 0 Å². The predicted octanol–water partition coefficient (Wildman–Crippen LogP) is 2.30. The van der Waals surface area contributed by atoms with Crippen molar-refractivity contribution in [2.45, 2.75) is 24.0 Å². The number of amides is 1. The lowest BCUT2D eigenvalue weighted by molar-refractivity contribution is -0.123. The highest BCUT2D eigenvalue weighted by molar-refractivity contribution is 7.84. The van der Waals surface area contributed by atoms with E-state index in [0.29, 0.717) is 12.1 Å². The molecule has 6 heteroatoms. The SMILES string of the molecule is CS(=O)c1ccc(CNC(=O)CC(O)c2cccc(F)c2)cc1. The van der Waals surface area contributed by atoms with E-state index in [2.05, 4.69) is 5.32 Å². The molecular weight excluding hydrogens is 317 g/mol. The first-order valence-corrected chi connectivity index (χ1v) is 8.64. The Balaban J connectivity index is 1.86. The lowest BCUT2D eigenvalue weighted by Gasteiger charge is -2.11. The number of aliphatic hydroxyl groups excluding tert-OH is 1. The zero-order chi connectivity index (χ0) is 16.8. The molecule has 0 aromatic heterocycles. The minimum atomic E-state index is -1.05. The third-order valence-electron chi connectivity index (χ3n) is 3.36. The van der Waals surface area contributed by atoms with E-state index in [9.17, 15) is 18.5 Å². The first-order valence-electron chi connectivity index (χ1n) is 7.08. The standard InChI is InChI=1S/C17H18FNO3S/c1-23(22)15-7-5-12(6-8-15)11-19-17(21)10-16(20)13-3-2-4-14(18)9-13/h2-9,16,20H,10-11H2,1H3,(H,19,21). The molecule has 2 aromatic rings. The molecule has 0 saturated carbocycles. The molecule has 0 aliphatic rings. The van der Waals surface area contributed by atoms with Crippen molar-refractivity contribution in [3.05, 3.63) is 65.5 Å². The first-order chi connectivity index (χ1) is 11.0. The fourth-order valence-electron chi connectivity index (χ4n) is 2.08. The van der Waals surface area contributed by atoms with Gasteiger partial charge in [0, 0.05) is 28.5 Å². The molecule has 2 rings (SSSR count). The lowest BCUT2D eigenvalue weighted by atomic mass is 10.1. The third-order valence-corrected chi connectivity index (χ3v) is 4.29. The molecule has 0 saturated heterocycles. The number of hydrogen-bond acceptors (Lipinski definition) is 3. The Kier molecular flexibility index (Phi) is 6.01. The van der Waals surface area contributed by atoms with Crippen LogP contribution in [0.15, 0.2) is 53.4 Å². The van der Waals surface area contributed by atoms with Crippen LogP contribution in [-0.4, -0.2) is 21.5 Å². The molecule has 4 nitrogen and oxygen atoms in total. The van der Waals surface area contributed by atoms with Crippen LogP contribution in [0.5, 0.6) is 0 Å². The quantitative estimate of drug-likeness (QED) is 0.851. The van der Waals surface area contributed by atoms with Gasteiger partial charge in [0.15, 0.2) is 0 Å². The highest BCUT2D eigenvalue weighted by Crippen LogP contribution is 2.17. The van der Waals surface area contributed by atoms with E-state index in [1.54, 1.807) is 36.6 Å². The number of hydrogen-bond donors (Lipinski definition) is 2. The van der Waals surface area contributed by atoms with Gasteiger partial charge in [-0.1, -0.05) is 24.3 Å². The minimum absolute atomic E-state index is 0.138. The summed E-state index contributed by atoms with van der Waals surface area (Å²) in [4.78, 5) is 12.6. The van der Waals surface area contributed by atoms with Gasteiger partial charge in [0.2, 0.25) is 5.91 Å². The largest absolute Gasteiger partial charge is 0.388 e. The van der Waals surface area contributed by atoms with Crippen molar-refractivity contribution >= 4 is 16.7 Å². The summed E-state index contributed by atoms with van der Waals surface area (Å²) in [5.74, 6) is -0.778. The van der Waals surface area contributed by atoms with Crippen LogP contribution < -0.4 is 5.32 Å². The smallest absolute Gasteiger partial charge is 0.223 e. The Hall–Kier alpha value is -2.05. The van der Waals surface area contributed by atoms with Crippen molar-refractivity contribution in [1.82, 2.24) is 5.32 Å². The summed E-state index contributed by atoms with van der Waals surface area (Å²) in [6.45, 7) is 0.311. The molecule has 0 aliphatic carbocycles. The normalized spacial score (nSPS) is 13.3. The maximum atomic E-state index is 13.1. The molecule has 2 aromatic carbocycles. The summed E-state index contributed by atoms with van der Waals surface area (Å²) >= 11 is 0. The number of carbonyl (C=O) groups is 1. The molecule has 2 unspecified atom stereocenters. The van der Waals surface area contributed by atoms with Gasteiger partial charge in [-0.15, -0.1) is 0 Å². The van der Waals surface area contributed by atoms with Crippen molar-refractivity contribution in [2.24, 2.45) is 0 Å². The van der Waals surface area contributed by atoms with Gasteiger partial charge >= 0.3 is 0 Å². The molecule has 1 amide bonds. The monoisotopic (exact) mass is 335 g/mol. The molecule has 2 atom stereocenters. The van der Waals surface area contributed by atoms with Crippen LogP contribution in [0.4, 0.5) is 4.39 Å². The molecule has 0 spiro atoms. The van der Waals surface area contributed by atoms with Gasteiger partial charge in [-0.3, -0.25) is 9.00 Å². The Labute approximate surface area is 136 Å². The molecule has 122 valence electrons. The van der Waals surface area contributed by atoms with E-state index in [1.807, 2.05) is 0 Å². The fourth-order valence-corrected chi connectivity index (χ4v) is 2.60. The summed E-state index contributed by atoms with van der Waals surface area (Å²) in [7, 11) is -1.03. The van der Waals surface area contributed by atoms with Crippen molar-refractivity contribution in [3.8, 4) is 0 Å². The van der Waals surface area contributed by atoms with Crippen LogP contribution >= 0.6 is 0 Å². The van der Waals surface area contributed by atoms with Gasteiger partial charge in [-0.2, -0.15) is 0 Å². The predicted molar refractivity (Wildman–Crippen MR) is 86.6 cm³/mol. The zero-order valence-electron chi connectivity index (χ0n) is 12.7. The fraction of sp³-hybridized carbons (Fsp3) is 0.235. The Morgan fingerprint density at radius 1 is 1.26 bits per heavy atom. The molecule has 23 heavy (non-hydrogen) atoms. The van der Waals surface area contributed by atoms with Gasteiger partial charge in [-0.25, -0.2) is 4.39 Å². The highest BCUT2D eigenvalue weighted by atomic mass is 32.2. The molecule has 0 bridgehead atoms. The van der Waals surface area contributed by atoms with Crippen LogP contribution in [-0.2, 0) is 22.1 Å². The van der Waals surface area contributed by atoms with E-state index in [1.165, 1.54) is 18.2 Å². The summed E-state index contributed by atoms with van der Waals surface area (Å²) in [5.41, 5.74) is 1.24. The maximum absolute atomic E-state index is 13.1. The number of carbonyl (C=O) groups excluding carboxylic acids is 1. The molecule has 0 aliphatic heterocycles. The Morgan fingerprint density at radius 3 is 2.57 bits per heavy atom. The molecule has 0 heterocycles. The zero-order valence-corrected chi connectivity index (χ0v) is 13.5. The van der Waals surface area contributed by atoms with Gasteiger partial charge in [0.1, 0.15) is 5.82 Å². The maximum Gasteiger partial charge on any atom is 0.223 e. The molecule has 0 fully saturated rings. The molecule has 2 N–H and O–H groups in total. The van der Waals surface area contributed by atoms with Crippen LogP contribution in [0.3, 0.4) is 0 Å². The highest BCUT2D eigenvalue weighted by Gasteiger charge is 2.13. The summed E-state index contributed by atoms with van der Waals surface area (Å²) in [5, 5.41) is 12.6. The van der Waals surface area contributed by atoms with Crippen molar-refractivity contribution < 1.29 is 18.5 Å². The first kappa shape index (κ1) is 17.3. The van der Waals surface area contributed by atoms with E-state index in [0.717, 1.165) is 10.5 Å². The summed E-state index contributed by atoms with van der Waals surface area (Å²) < 4.78 is 24.4. The van der Waals surface area contributed by atoms with Crippen molar-refractivity contribution in [1.29, 1.82) is 0 Å². The number of aliphatic hydroxyl groups is 1. The number of nitrogens with one attached hydrogen (secondary N) is 1. The van der Waals surface area contributed by atoms with Gasteiger partial charge in [-0.05, 0) is 35.4 Å². The minimum Gasteiger partial charge on any atom is -0.388 e. The van der Waals surface area contributed by atoms with Crippen LogP contribution in [0, 0.1) is 5.82 Å². The topological polar surface area (TPSA) is 66.4 Å². The van der Waals surface area contributed by atoms with Crippen molar-refractivity contribution in [3.63, 3.8) is 0 Å². The average Bonchev–Trinajstić information content (AvgIpc) is 2.53. The van der Waals surface area contributed by atoms with Gasteiger partial charge in [0.05, 0.1) is 12.5 Å². The third kappa shape index (κ3) is 5.26. The Bertz CT molecular complexity index is 703. The molecular formula is C17H18FNO3S. The lowest BCUT2D eigenvalue weighted by Crippen LogP contribution is -2.24. The van der Waals surface area contributed by atoms with Crippen LogP contribution in [0.25, 0.3) is 0 Å². The second-order valence-corrected chi connectivity index (χ2v) is 6.53. The van der Waals surface area contributed by atoms with Crippen molar-refractivity contribution in [2.75, 3.05) is 6.26 Å². The second-order valence-electron chi connectivity index (χ2n) is 5.15. The van der Waals surface area contributed by atoms with Crippen LogP contribution in [0.2, 0.25) is 0 Å².